The van der Waals surface area contributed by atoms with Gasteiger partial charge in [-0.05, 0) is 73.9 Å². The molecule has 2 aromatic carbocycles. The number of ether oxygens (including phenoxy) is 1. The number of benzene rings is 2. The molecule has 5 nitrogen and oxygen atoms in total. The SMILES string of the molecule is Cc1ccc(C)c(OCC(=O)NN=Cc2ccc(-c3ccc(Cl)cc3)o2)c1C. The molecule has 28 heavy (non-hydrogen) atoms. The Hall–Kier alpha value is -3.05. The Bertz CT molecular complexity index is 1010. The zero-order chi connectivity index (χ0) is 20.1. The Labute approximate surface area is 169 Å². The van der Waals surface area contributed by atoms with E-state index in [4.69, 9.17) is 20.8 Å². The van der Waals surface area contributed by atoms with Crippen LogP contribution in [0.25, 0.3) is 11.3 Å². The van der Waals surface area contributed by atoms with Crippen LogP contribution in [0.1, 0.15) is 22.5 Å². The summed E-state index contributed by atoms with van der Waals surface area (Å²) in [6.45, 7) is 5.82. The zero-order valence-corrected chi connectivity index (χ0v) is 16.7. The molecule has 3 rings (SSSR count). The molecule has 0 saturated carbocycles. The average Bonchev–Trinajstić information content (AvgIpc) is 3.14. The maximum Gasteiger partial charge on any atom is 0.277 e. The fourth-order valence-corrected chi connectivity index (χ4v) is 2.80. The van der Waals surface area contributed by atoms with Gasteiger partial charge in [0.1, 0.15) is 17.3 Å². The van der Waals surface area contributed by atoms with Crippen molar-refractivity contribution in [3.63, 3.8) is 0 Å². The van der Waals surface area contributed by atoms with Crippen molar-refractivity contribution in [2.45, 2.75) is 20.8 Å². The quantitative estimate of drug-likeness (QED) is 0.468. The average molecular weight is 397 g/mol. The number of furan rings is 1. The minimum Gasteiger partial charge on any atom is -0.483 e. The minimum atomic E-state index is -0.346. The van der Waals surface area contributed by atoms with Crippen molar-refractivity contribution >= 4 is 23.7 Å². The van der Waals surface area contributed by atoms with E-state index < -0.39 is 0 Å². The summed E-state index contributed by atoms with van der Waals surface area (Å²) in [5, 5.41) is 4.58. The van der Waals surface area contributed by atoms with Crippen molar-refractivity contribution in [3.05, 3.63) is 76.0 Å². The van der Waals surface area contributed by atoms with E-state index in [1.807, 2.05) is 51.1 Å². The Kier molecular flexibility index (Phi) is 6.16. The first-order valence-corrected chi connectivity index (χ1v) is 9.19. The van der Waals surface area contributed by atoms with Gasteiger partial charge in [0.05, 0.1) is 6.21 Å². The molecule has 0 aliphatic rings. The van der Waals surface area contributed by atoms with Crippen LogP contribution in [0.5, 0.6) is 5.75 Å². The van der Waals surface area contributed by atoms with Crippen LogP contribution in [0.3, 0.4) is 0 Å². The normalized spacial score (nSPS) is 11.0. The fourth-order valence-electron chi connectivity index (χ4n) is 2.68. The highest BCUT2D eigenvalue weighted by Crippen LogP contribution is 2.25. The minimum absolute atomic E-state index is 0.114. The summed E-state index contributed by atoms with van der Waals surface area (Å²) in [5.74, 6) is 1.61. The number of halogens is 1. The van der Waals surface area contributed by atoms with E-state index in [0.717, 1.165) is 28.0 Å². The molecule has 0 saturated heterocycles. The van der Waals surface area contributed by atoms with Gasteiger partial charge in [-0.3, -0.25) is 4.79 Å². The van der Waals surface area contributed by atoms with Crippen molar-refractivity contribution in [1.29, 1.82) is 0 Å². The molecule has 0 radical (unpaired) electrons. The predicted molar refractivity (Wildman–Crippen MR) is 111 cm³/mol. The lowest BCUT2D eigenvalue weighted by molar-refractivity contribution is -0.123. The van der Waals surface area contributed by atoms with E-state index >= 15 is 0 Å². The van der Waals surface area contributed by atoms with E-state index in [-0.39, 0.29) is 12.5 Å². The molecule has 1 heterocycles. The maximum atomic E-state index is 12.0. The molecule has 6 heteroatoms. The molecule has 1 N–H and O–H groups in total. The monoisotopic (exact) mass is 396 g/mol. The first-order valence-electron chi connectivity index (χ1n) is 8.81. The first kappa shape index (κ1) is 19.7. The molecule has 0 atom stereocenters. The number of hydrogen-bond acceptors (Lipinski definition) is 4. The smallest absolute Gasteiger partial charge is 0.277 e. The number of carbonyl (C=O) groups is 1. The molecule has 1 amide bonds. The molecule has 0 aliphatic carbocycles. The Morgan fingerprint density at radius 3 is 2.54 bits per heavy atom. The molecule has 0 fully saturated rings. The third-order valence-electron chi connectivity index (χ3n) is 4.36. The van der Waals surface area contributed by atoms with E-state index in [2.05, 4.69) is 10.5 Å². The summed E-state index contributed by atoms with van der Waals surface area (Å²) < 4.78 is 11.4. The molecular formula is C22H21ClN2O3. The number of hydrazone groups is 1. The number of amides is 1. The molecule has 0 spiro atoms. The van der Waals surface area contributed by atoms with E-state index in [1.165, 1.54) is 6.21 Å². The standard InChI is InChI=1S/C22H21ClN2O3/c1-14-4-5-15(2)22(16(14)3)27-13-21(26)25-24-12-19-10-11-20(28-19)17-6-8-18(23)9-7-17/h4-12H,13H2,1-3H3,(H,25,26). The van der Waals surface area contributed by atoms with Crippen molar-refractivity contribution in [1.82, 2.24) is 5.43 Å². The molecule has 3 aromatic rings. The van der Waals surface area contributed by atoms with Crippen LogP contribution in [0.4, 0.5) is 0 Å². The van der Waals surface area contributed by atoms with Gasteiger partial charge in [0.25, 0.3) is 5.91 Å². The van der Waals surface area contributed by atoms with E-state index in [0.29, 0.717) is 16.5 Å². The fraction of sp³-hybridized carbons (Fsp3) is 0.182. The van der Waals surface area contributed by atoms with Gasteiger partial charge in [0, 0.05) is 10.6 Å². The van der Waals surface area contributed by atoms with Gasteiger partial charge in [0.15, 0.2) is 6.61 Å². The second-order valence-electron chi connectivity index (χ2n) is 6.44. The van der Waals surface area contributed by atoms with Crippen LogP contribution >= 0.6 is 11.6 Å². The lowest BCUT2D eigenvalue weighted by Crippen LogP contribution is -2.25. The van der Waals surface area contributed by atoms with Crippen LogP contribution in [0.15, 0.2) is 58.0 Å². The number of hydrogen-bond donors (Lipinski definition) is 1. The highest BCUT2D eigenvalue weighted by molar-refractivity contribution is 6.30. The van der Waals surface area contributed by atoms with Crippen molar-refractivity contribution < 1.29 is 13.9 Å². The number of nitrogens with one attached hydrogen (secondary N) is 1. The summed E-state index contributed by atoms with van der Waals surface area (Å²) in [7, 11) is 0. The van der Waals surface area contributed by atoms with Crippen LogP contribution in [0, 0.1) is 20.8 Å². The second-order valence-corrected chi connectivity index (χ2v) is 6.88. The third kappa shape index (κ3) is 4.81. The molecule has 1 aromatic heterocycles. The van der Waals surface area contributed by atoms with Gasteiger partial charge < -0.3 is 9.15 Å². The highest BCUT2D eigenvalue weighted by atomic mass is 35.5. The van der Waals surface area contributed by atoms with Gasteiger partial charge in [-0.25, -0.2) is 5.43 Å². The van der Waals surface area contributed by atoms with Gasteiger partial charge in [0.2, 0.25) is 0 Å². The largest absolute Gasteiger partial charge is 0.483 e. The van der Waals surface area contributed by atoms with Crippen LogP contribution in [-0.2, 0) is 4.79 Å². The number of carbonyl (C=O) groups excluding carboxylic acids is 1. The Morgan fingerprint density at radius 1 is 1.07 bits per heavy atom. The zero-order valence-electron chi connectivity index (χ0n) is 16.0. The predicted octanol–water partition coefficient (Wildman–Crippen LogP) is 5.05. The van der Waals surface area contributed by atoms with Crippen molar-refractivity contribution in [2.24, 2.45) is 5.10 Å². The second kappa shape index (κ2) is 8.76. The third-order valence-corrected chi connectivity index (χ3v) is 4.61. The number of aryl methyl sites for hydroxylation is 2. The van der Waals surface area contributed by atoms with E-state index in [1.54, 1.807) is 18.2 Å². The van der Waals surface area contributed by atoms with E-state index in [9.17, 15) is 4.79 Å². The lowest BCUT2D eigenvalue weighted by Gasteiger charge is -2.13. The van der Waals surface area contributed by atoms with Gasteiger partial charge in [-0.15, -0.1) is 0 Å². The lowest BCUT2D eigenvalue weighted by atomic mass is 10.1. The first-order chi connectivity index (χ1) is 13.4. The summed E-state index contributed by atoms with van der Waals surface area (Å²) in [5.41, 5.74) is 6.49. The molecule has 0 unspecified atom stereocenters. The number of nitrogens with zero attached hydrogens (tertiary/aromatic N) is 1. The van der Waals surface area contributed by atoms with Crippen LogP contribution in [-0.4, -0.2) is 18.7 Å². The Balaban J connectivity index is 1.54. The van der Waals surface area contributed by atoms with Crippen molar-refractivity contribution in [3.8, 4) is 17.1 Å². The summed E-state index contributed by atoms with van der Waals surface area (Å²) >= 11 is 5.89. The topological polar surface area (TPSA) is 63.8 Å². The van der Waals surface area contributed by atoms with Crippen LogP contribution < -0.4 is 10.2 Å². The Morgan fingerprint density at radius 2 is 1.79 bits per heavy atom. The molecular weight excluding hydrogens is 376 g/mol. The maximum absolute atomic E-state index is 12.0. The van der Waals surface area contributed by atoms with Crippen LogP contribution in [0.2, 0.25) is 5.02 Å². The van der Waals surface area contributed by atoms with Gasteiger partial charge in [-0.2, -0.15) is 5.10 Å². The summed E-state index contributed by atoms with van der Waals surface area (Å²) in [4.78, 5) is 12.0. The van der Waals surface area contributed by atoms with Gasteiger partial charge >= 0.3 is 0 Å². The highest BCUT2D eigenvalue weighted by Gasteiger charge is 2.09. The summed E-state index contributed by atoms with van der Waals surface area (Å²) in [6, 6.07) is 14.9. The molecule has 0 aliphatic heterocycles. The molecule has 0 bridgehead atoms. The van der Waals surface area contributed by atoms with Crippen molar-refractivity contribution in [2.75, 3.05) is 6.61 Å². The number of rotatable bonds is 6. The van der Waals surface area contributed by atoms with Gasteiger partial charge in [-0.1, -0.05) is 23.7 Å². The molecule has 144 valence electrons. The summed E-state index contributed by atoms with van der Waals surface area (Å²) in [6.07, 6.45) is 1.44.